The highest BCUT2D eigenvalue weighted by atomic mass is 16.6. The summed E-state index contributed by atoms with van der Waals surface area (Å²) < 4.78 is 0. The Hall–Kier alpha value is -2.42. The molecule has 0 N–H and O–H groups in total. The molecule has 0 aliphatic rings. The van der Waals surface area contributed by atoms with Crippen molar-refractivity contribution in [3.05, 3.63) is 76.5 Å². The maximum atomic E-state index is 10.2. The molecule has 3 nitrogen and oxygen atoms in total. The van der Waals surface area contributed by atoms with Crippen molar-refractivity contribution in [2.24, 2.45) is 0 Å². The second-order valence-corrected chi connectivity index (χ2v) is 3.59. The standard InChI is InChI=1S/C14H11NO2/c16-15(17)11-10-12-6-8-14(9-7-12)13-4-2-1-3-5-13/h1-11H. The van der Waals surface area contributed by atoms with Gasteiger partial charge in [0.25, 0.3) is 0 Å². The summed E-state index contributed by atoms with van der Waals surface area (Å²) in [4.78, 5) is 9.71. The van der Waals surface area contributed by atoms with Crippen LogP contribution >= 0.6 is 0 Å². The molecule has 84 valence electrons. The summed E-state index contributed by atoms with van der Waals surface area (Å²) in [6.07, 6.45) is 2.42. The summed E-state index contributed by atoms with van der Waals surface area (Å²) in [6, 6.07) is 17.6. The van der Waals surface area contributed by atoms with Gasteiger partial charge >= 0.3 is 0 Å². The molecule has 17 heavy (non-hydrogen) atoms. The van der Waals surface area contributed by atoms with Crippen LogP contribution in [0.4, 0.5) is 0 Å². The van der Waals surface area contributed by atoms with Crippen molar-refractivity contribution >= 4 is 6.08 Å². The van der Waals surface area contributed by atoms with Crippen LogP contribution < -0.4 is 0 Å². The van der Waals surface area contributed by atoms with E-state index in [-0.39, 0.29) is 0 Å². The number of rotatable bonds is 3. The average molecular weight is 225 g/mol. The Morgan fingerprint density at radius 3 is 2.06 bits per heavy atom. The number of benzene rings is 2. The predicted octanol–water partition coefficient (Wildman–Crippen LogP) is 3.60. The first-order chi connectivity index (χ1) is 8.25. The van der Waals surface area contributed by atoms with Gasteiger partial charge < -0.3 is 0 Å². The van der Waals surface area contributed by atoms with Crippen LogP contribution in [0, 0.1) is 10.1 Å². The van der Waals surface area contributed by atoms with Crippen molar-refractivity contribution in [3.8, 4) is 11.1 Å². The van der Waals surface area contributed by atoms with Gasteiger partial charge in [-0.2, -0.15) is 0 Å². The fraction of sp³-hybridized carbons (Fsp3) is 0. The zero-order chi connectivity index (χ0) is 12.1. The molecule has 2 rings (SSSR count). The van der Waals surface area contributed by atoms with E-state index in [9.17, 15) is 10.1 Å². The van der Waals surface area contributed by atoms with Gasteiger partial charge in [-0.3, -0.25) is 10.1 Å². The summed E-state index contributed by atoms with van der Waals surface area (Å²) in [5.74, 6) is 0. The molecular formula is C14H11NO2. The normalized spacial score (nSPS) is 10.6. The molecule has 0 amide bonds. The van der Waals surface area contributed by atoms with Gasteiger partial charge in [-0.15, -0.1) is 0 Å². The highest BCUT2D eigenvalue weighted by molar-refractivity contribution is 5.65. The highest BCUT2D eigenvalue weighted by Gasteiger charge is 1.96. The molecule has 3 heteroatoms. The van der Waals surface area contributed by atoms with E-state index in [2.05, 4.69) is 0 Å². The fourth-order valence-corrected chi connectivity index (χ4v) is 1.56. The van der Waals surface area contributed by atoms with Gasteiger partial charge in [-0.1, -0.05) is 54.6 Å². The third kappa shape index (κ3) is 3.01. The Bertz CT molecular complexity index is 530. The summed E-state index contributed by atoms with van der Waals surface area (Å²) in [7, 11) is 0. The zero-order valence-corrected chi connectivity index (χ0v) is 9.11. The predicted molar refractivity (Wildman–Crippen MR) is 67.9 cm³/mol. The molecule has 0 unspecified atom stereocenters. The molecule has 0 aliphatic carbocycles. The van der Waals surface area contributed by atoms with E-state index in [1.165, 1.54) is 6.08 Å². The van der Waals surface area contributed by atoms with E-state index >= 15 is 0 Å². The average Bonchev–Trinajstić information content (AvgIpc) is 2.38. The zero-order valence-electron chi connectivity index (χ0n) is 9.11. The molecule has 0 atom stereocenters. The molecule has 0 bridgehead atoms. The topological polar surface area (TPSA) is 43.1 Å². The largest absolute Gasteiger partial charge is 0.259 e. The Morgan fingerprint density at radius 2 is 1.47 bits per heavy atom. The Kier molecular flexibility index (Phi) is 3.31. The van der Waals surface area contributed by atoms with Gasteiger partial charge in [0.2, 0.25) is 6.20 Å². The third-order valence-electron chi connectivity index (χ3n) is 2.41. The van der Waals surface area contributed by atoms with E-state index < -0.39 is 4.92 Å². The van der Waals surface area contributed by atoms with Crippen LogP contribution in [0.25, 0.3) is 17.2 Å². The SMILES string of the molecule is O=[N+]([O-])C=Cc1ccc(-c2ccccc2)cc1. The van der Waals surface area contributed by atoms with Gasteiger partial charge in [-0.05, 0) is 16.7 Å². The van der Waals surface area contributed by atoms with Crippen molar-refractivity contribution in [1.82, 2.24) is 0 Å². The number of hydrogen-bond acceptors (Lipinski definition) is 2. The van der Waals surface area contributed by atoms with Crippen molar-refractivity contribution in [2.45, 2.75) is 0 Å². The molecule has 0 heterocycles. The van der Waals surface area contributed by atoms with Gasteiger partial charge in [0.15, 0.2) is 0 Å². The first-order valence-electron chi connectivity index (χ1n) is 5.23. The molecule has 2 aromatic carbocycles. The van der Waals surface area contributed by atoms with E-state index in [0.29, 0.717) is 0 Å². The monoisotopic (exact) mass is 225 g/mol. The molecule has 0 aliphatic heterocycles. The maximum absolute atomic E-state index is 10.2. The first kappa shape index (κ1) is 11.1. The van der Waals surface area contributed by atoms with Crippen LogP contribution in [-0.4, -0.2) is 4.92 Å². The lowest BCUT2D eigenvalue weighted by Gasteiger charge is -2.01. The minimum atomic E-state index is -0.467. The lowest BCUT2D eigenvalue weighted by atomic mass is 10.0. The number of nitrogens with zero attached hydrogens (tertiary/aromatic N) is 1. The quantitative estimate of drug-likeness (QED) is 0.591. The molecule has 0 spiro atoms. The second-order valence-electron chi connectivity index (χ2n) is 3.59. The van der Waals surface area contributed by atoms with Gasteiger partial charge in [0.05, 0.1) is 4.92 Å². The minimum absolute atomic E-state index is 0.467. The van der Waals surface area contributed by atoms with E-state index in [1.54, 1.807) is 0 Å². The second kappa shape index (κ2) is 5.07. The Balaban J connectivity index is 2.22. The van der Waals surface area contributed by atoms with E-state index in [1.807, 2.05) is 54.6 Å². The third-order valence-corrected chi connectivity index (χ3v) is 2.41. The lowest BCUT2D eigenvalue weighted by molar-refractivity contribution is -0.400. The van der Waals surface area contributed by atoms with Crippen LogP contribution in [0.1, 0.15) is 5.56 Å². The van der Waals surface area contributed by atoms with Crippen LogP contribution in [0.5, 0.6) is 0 Å². The van der Waals surface area contributed by atoms with E-state index in [4.69, 9.17) is 0 Å². The van der Waals surface area contributed by atoms with E-state index in [0.717, 1.165) is 22.9 Å². The number of nitro groups is 1. The van der Waals surface area contributed by atoms with Gasteiger partial charge in [0, 0.05) is 6.08 Å². The molecule has 0 fully saturated rings. The summed E-state index contributed by atoms with van der Waals surface area (Å²) >= 11 is 0. The smallest absolute Gasteiger partial charge is 0.235 e. The van der Waals surface area contributed by atoms with Crippen LogP contribution in [0.2, 0.25) is 0 Å². The van der Waals surface area contributed by atoms with Crippen LogP contribution in [0.15, 0.2) is 60.8 Å². The van der Waals surface area contributed by atoms with Crippen molar-refractivity contribution in [3.63, 3.8) is 0 Å². The van der Waals surface area contributed by atoms with Gasteiger partial charge in [0.1, 0.15) is 0 Å². The van der Waals surface area contributed by atoms with Crippen LogP contribution in [0.3, 0.4) is 0 Å². The molecule has 0 saturated heterocycles. The molecular weight excluding hydrogens is 214 g/mol. The molecule has 0 aromatic heterocycles. The Morgan fingerprint density at radius 1 is 0.882 bits per heavy atom. The molecule has 2 aromatic rings. The first-order valence-corrected chi connectivity index (χ1v) is 5.23. The fourth-order valence-electron chi connectivity index (χ4n) is 1.56. The summed E-state index contributed by atoms with van der Waals surface area (Å²) in [5.41, 5.74) is 3.06. The van der Waals surface area contributed by atoms with Crippen molar-refractivity contribution in [1.29, 1.82) is 0 Å². The van der Waals surface area contributed by atoms with Crippen molar-refractivity contribution < 1.29 is 4.92 Å². The van der Waals surface area contributed by atoms with Gasteiger partial charge in [-0.25, -0.2) is 0 Å². The van der Waals surface area contributed by atoms with Crippen molar-refractivity contribution in [2.75, 3.05) is 0 Å². The van der Waals surface area contributed by atoms with Crippen LogP contribution in [-0.2, 0) is 0 Å². The maximum Gasteiger partial charge on any atom is 0.235 e. The molecule has 0 saturated carbocycles. The lowest BCUT2D eigenvalue weighted by Crippen LogP contribution is -1.82. The number of hydrogen-bond donors (Lipinski definition) is 0. The summed E-state index contributed by atoms with van der Waals surface area (Å²) in [5, 5.41) is 10.2. The Labute approximate surface area is 99.2 Å². The minimum Gasteiger partial charge on any atom is -0.259 e. The summed E-state index contributed by atoms with van der Waals surface area (Å²) in [6.45, 7) is 0. The molecule has 0 radical (unpaired) electrons. The highest BCUT2D eigenvalue weighted by Crippen LogP contribution is 2.19.